The quantitative estimate of drug-likeness (QED) is 0.638. The molecule has 2 aromatic heterocycles. The van der Waals surface area contributed by atoms with Crippen LogP contribution in [0.4, 0.5) is 0 Å². The highest BCUT2D eigenvalue weighted by atomic mass is 35.5. The van der Waals surface area contributed by atoms with Gasteiger partial charge in [0.25, 0.3) is 0 Å². The Bertz CT molecular complexity index is 1060. The Balaban J connectivity index is 1.49. The van der Waals surface area contributed by atoms with E-state index in [1.165, 1.54) is 0 Å². The van der Waals surface area contributed by atoms with Gasteiger partial charge in [0.05, 0.1) is 29.8 Å². The van der Waals surface area contributed by atoms with Gasteiger partial charge in [0.1, 0.15) is 5.65 Å². The maximum absolute atomic E-state index is 10.8. The van der Waals surface area contributed by atoms with Crippen LogP contribution in [0.5, 0.6) is 0 Å². The molecule has 28 heavy (non-hydrogen) atoms. The van der Waals surface area contributed by atoms with Crippen molar-refractivity contribution in [3.8, 4) is 11.3 Å². The second-order valence-corrected chi connectivity index (χ2v) is 7.66. The number of carbonyl (C=O) groups is 1. The molecule has 2 fully saturated rings. The minimum absolute atomic E-state index is 0.108. The number of fused-ring (bicyclic) bond motifs is 2. The van der Waals surface area contributed by atoms with Gasteiger partial charge in [-0.15, -0.1) is 0 Å². The lowest BCUT2D eigenvalue weighted by atomic mass is 10.0. The number of carbonyl (C=O) groups excluding carboxylic acids is 1. The Kier molecular flexibility index (Phi) is 4.47. The van der Waals surface area contributed by atoms with Gasteiger partial charge in [0.15, 0.2) is 0 Å². The molecule has 2 atom stereocenters. The zero-order chi connectivity index (χ0) is 19.1. The van der Waals surface area contributed by atoms with E-state index in [9.17, 15) is 4.79 Å². The first-order chi connectivity index (χ1) is 13.7. The zero-order valence-corrected chi connectivity index (χ0v) is 15.9. The first-order valence-electron chi connectivity index (χ1n) is 9.29. The van der Waals surface area contributed by atoms with E-state index in [2.05, 4.69) is 14.3 Å². The predicted molar refractivity (Wildman–Crippen MR) is 108 cm³/mol. The van der Waals surface area contributed by atoms with Crippen molar-refractivity contribution in [1.82, 2.24) is 14.3 Å². The van der Waals surface area contributed by atoms with Crippen LogP contribution in [-0.4, -0.2) is 52.2 Å². The number of imidazole rings is 1. The van der Waals surface area contributed by atoms with Crippen molar-refractivity contribution in [3.05, 3.63) is 59.4 Å². The molecule has 4 heterocycles. The molecule has 0 spiro atoms. The number of likely N-dealkylation sites (tertiary alicyclic amines) is 1. The van der Waals surface area contributed by atoms with Gasteiger partial charge in [0, 0.05) is 42.3 Å². The molecule has 7 heteroatoms. The maximum atomic E-state index is 10.8. The van der Waals surface area contributed by atoms with Gasteiger partial charge in [0.2, 0.25) is 6.41 Å². The van der Waals surface area contributed by atoms with Crippen molar-refractivity contribution in [1.29, 1.82) is 0 Å². The summed E-state index contributed by atoms with van der Waals surface area (Å²) in [6, 6.07) is 13.8. The largest absolute Gasteiger partial charge is 0.370 e. The third kappa shape index (κ3) is 3.03. The van der Waals surface area contributed by atoms with Gasteiger partial charge >= 0.3 is 0 Å². The van der Waals surface area contributed by atoms with Crippen LogP contribution in [0.3, 0.4) is 0 Å². The lowest BCUT2D eigenvalue weighted by Crippen LogP contribution is -2.25. The van der Waals surface area contributed by atoms with Crippen molar-refractivity contribution in [3.63, 3.8) is 0 Å². The molecule has 0 aliphatic carbocycles. The third-order valence-electron chi connectivity index (χ3n) is 5.55. The Morgan fingerprint density at radius 3 is 2.89 bits per heavy atom. The summed E-state index contributed by atoms with van der Waals surface area (Å²) in [5.74, 6) is 0.198. The first-order valence-corrected chi connectivity index (χ1v) is 9.67. The molecule has 1 amide bonds. The second-order valence-electron chi connectivity index (χ2n) is 7.22. The van der Waals surface area contributed by atoms with Gasteiger partial charge in [-0.05, 0) is 24.3 Å². The number of aliphatic imine (C=N–C) groups is 1. The zero-order valence-electron chi connectivity index (χ0n) is 15.2. The summed E-state index contributed by atoms with van der Waals surface area (Å²) < 4.78 is 7.98. The van der Waals surface area contributed by atoms with Crippen LogP contribution in [0, 0.1) is 5.92 Å². The highest BCUT2D eigenvalue weighted by molar-refractivity contribution is 6.30. The molecule has 5 rings (SSSR count). The number of aromatic nitrogens is 2. The number of nitrogens with zero attached hydrogens (tertiary/aromatic N) is 4. The van der Waals surface area contributed by atoms with Crippen molar-refractivity contribution in [2.45, 2.75) is 12.6 Å². The van der Waals surface area contributed by atoms with E-state index in [1.54, 1.807) is 0 Å². The van der Waals surface area contributed by atoms with Crippen LogP contribution >= 0.6 is 11.6 Å². The Morgan fingerprint density at radius 1 is 1.21 bits per heavy atom. The molecule has 2 aliphatic rings. The van der Waals surface area contributed by atoms with E-state index in [0.717, 1.165) is 47.9 Å². The molecular formula is C21H19ClN4O2. The third-order valence-corrected chi connectivity index (χ3v) is 5.81. The minimum Gasteiger partial charge on any atom is -0.370 e. The number of hydrogen-bond acceptors (Lipinski definition) is 4. The Labute approximate surface area is 167 Å². The molecule has 142 valence electrons. The number of halogens is 1. The van der Waals surface area contributed by atoms with Crippen LogP contribution in [0.1, 0.15) is 5.69 Å². The molecule has 2 saturated heterocycles. The summed E-state index contributed by atoms with van der Waals surface area (Å²) >= 11 is 6.07. The molecule has 0 bridgehead atoms. The number of ether oxygens (including phenoxy) is 1. The number of amides is 1. The van der Waals surface area contributed by atoms with Crippen LogP contribution in [0.2, 0.25) is 5.02 Å². The molecule has 3 aromatic rings. The monoisotopic (exact) mass is 394 g/mol. The number of benzene rings is 1. The van der Waals surface area contributed by atoms with Crippen LogP contribution in [0.15, 0.2) is 53.7 Å². The lowest BCUT2D eigenvalue weighted by molar-refractivity contribution is -0.106. The fourth-order valence-corrected chi connectivity index (χ4v) is 4.34. The molecule has 6 nitrogen and oxygen atoms in total. The van der Waals surface area contributed by atoms with Crippen molar-refractivity contribution in [2.75, 3.05) is 19.7 Å². The van der Waals surface area contributed by atoms with E-state index < -0.39 is 0 Å². The van der Waals surface area contributed by atoms with Crippen LogP contribution < -0.4 is 0 Å². The molecule has 0 N–H and O–H groups in total. The Morgan fingerprint density at radius 2 is 2.07 bits per heavy atom. The average Bonchev–Trinajstić information content (AvgIpc) is 3.38. The average molecular weight is 395 g/mol. The summed E-state index contributed by atoms with van der Waals surface area (Å²) in [4.78, 5) is 22.0. The van der Waals surface area contributed by atoms with Gasteiger partial charge in [-0.2, -0.15) is 0 Å². The van der Waals surface area contributed by atoms with E-state index in [4.69, 9.17) is 21.3 Å². The molecule has 1 aromatic carbocycles. The first kappa shape index (κ1) is 17.6. The van der Waals surface area contributed by atoms with Gasteiger partial charge in [-0.3, -0.25) is 9.69 Å². The minimum atomic E-state index is 0.108. The smallest absolute Gasteiger partial charge is 0.232 e. The summed E-state index contributed by atoms with van der Waals surface area (Å²) in [5, 5.41) is 0.709. The molecular weight excluding hydrogens is 376 g/mol. The highest BCUT2D eigenvalue weighted by Gasteiger charge is 2.41. The van der Waals surface area contributed by atoms with Crippen molar-refractivity contribution >= 4 is 29.4 Å². The van der Waals surface area contributed by atoms with Crippen molar-refractivity contribution < 1.29 is 9.53 Å². The summed E-state index contributed by atoms with van der Waals surface area (Å²) in [7, 11) is 0. The van der Waals surface area contributed by atoms with E-state index in [-0.39, 0.29) is 12.0 Å². The normalized spacial score (nSPS) is 23.5. The molecule has 2 unspecified atom stereocenters. The summed E-state index contributed by atoms with van der Waals surface area (Å²) in [6.45, 7) is 2.86. The fraction of sp³-hybridized carbons (Fsp3) is 0.286. The van der Waals surface area contributed by atoms with Gasteiger partial charge in [-0.1, -0.05) is 29.8 Å². The topological polar surface area (TPSA) is 59.2 Å². The standard InChI is InChI=1S/C21H19ClN4O2/c22-15-6-4-14(5-7-15)21-18(26-8-2-1-3-20(26)24-21)10-25-9-16-17(23-13-27)12-28-19(16)11-25/h1-8,13,16,19H,9-12H2. The SMILES string of the molecule is O=CN=C1COC2CN(Cc3c(-c4ccc(Cl)cc4)nc4ccccn34)CC12. The predicted octanol–water partition coefficient (Wildman–Crippen LogP) is 3.08. The lowest BCUT2D eigenvalue weighted by Gasteiger charge is -2.17. The van der Waals surface area contributed by atoms with Crippen LogP contribution in [-0.2, 0) is 16.1 Å². The van der Waals surface area contributed by atoms with Crippen LogP contribution in [0.25, 0.3) is 16.9 Å². The van der Waals surface area contributed by atoms with E-state index >= 15 is 0 Å². The highest BCUT2D eigenvalue weighted by Crippen LogP contribution is 2.31. The molecule has 0 saturated carbocycles. The summed E-state index contributed by atoms with van der Waals surface area (Å²) in [5.41, 5.74) is 4.91. The fourth-order valence-electron chi connectivity index (χ4n) is 4.22. The van der Waals surface area contributed by atoms with E-state index in [1.807, 2.05) is 48.7 Å². The number of pyridine rings is 1. The van der Waals surface area contributed by atoms with Gasteiger partial charge in [-0.25, -0.2) is 9.98 Å². The maximum Gasteiger partial charge on any atom is 0.232 e. The van der Waals surface area contributed by atoms with Crippen molar-refractivity contribution in [2.24, 2.45) is 10.9 Å². The Hall–Kier alpha value is -2.54. The van der Waals surface area contributed by atoms with Gasteiger partial charge < -0.3 is 9.14 Å². The van der Waals surface area contributed by atoms with E-state index in [0.29, 0.717) is 18.0 Å². The second kappa shape index (κ2) is 7.13. The molecule has 0 radical (unpaired) electrons. The molecule has 2 aliphatic heterocycles. The summed E-state index contributed by atoms with van der Waals surface area (Å²) in [6.07, 6.45) is 2.77. The number of rotatable bonds is 4. The number of hydrogen-bond donors (Lipinski definition) is 0.